The Balaban J connectivity index is 1.56. The van der Waals surface area contributed by atoms with Crippen molar-refractivity contribution in [2.24, 2.45) is 17.8 Å². The van der Waals surface area contributed by atoms with Gasteiger partial charge in [0.2, 0.25) is 11.8 Å². The molecule has 0 radical (unpaired) electrons. The van der Waals surface area contributed by atoms with Gasteiger partial charge in [-0.1, -0.05) is 26.2 Å². The third-order valence-electron chi connectivity index (χ3n) is 7.92. The monoisotopic (exact) mass is 485 g/mol. The summed E-state index contributed by atoms with van der Waals surface area (Å²) in [5.74, 6) is 1.73. The van der Waals surface area contributed by atoms with Crippen molar-refractivity contribution < 1.29 is 19.4 Å². The first kappa shape index (κ1) is 26.0. The zero-order valence-electron chi connectivity index (χ0n) is 21.7. The third-order valence-corrected chi connectivity index (χ3v) is 7.92. The maximum atomic E-state index is 13.4. The number of aliphatic hydroxyl groups is 1. The number of carbonyl (C=O) groups excluding carboxylic acids is 2. The van der Waals surface area contributed by atoms with E-state index in [4.69, 9.17) is 4.74 Å². The van der Waals surface area contributed by atoms with Crippen LogP contribution < -0.4 is 10.1 Å². The molecule has 2 fully saturated rings. The summed E-state index contributed by atoms with van der Waals surface area (Å²) in [6.45, 7) is 6.34. The summed E-state index contributed by atoms with van der Waals surface area (Å²) in [6, 6.07) is 5.44. The highest BCUT2D eigenvalue weighted by molar-refractivity contribution is 5.93. The number of aliphatic hydroxyl groups excluding tert-OH is 1. The SMILES string of the molecule is C[C@H]1CN([C@@H](C)CO)C(=O)Cc2cc(NC(=O)C3CCCCC3)ccc2O[C@@H]1CN(C)CC1CC1. The van der Waals surface area contributed by atoms with Crippen molar-refractivity contribution in [3.05, 3.63) is 23.8 Å². The summed E-state index contributed by atoms with van der Waals surface area (Å²) >= 11 is 0. The van der Waals surface area contributed by atoms with Gasteiger partial charge in [0.05, 0.1) is 19.1 Å². The Kier molecular flexibility index (Phi) is 8.71. The summed E-state index contributed by atoms with van der Waals surface area (Å²) in [5, 5.41) is 12.9. The normalized spacial score (nSPS) is 24.7. The molecular weight excluding hydrogens is 442 g/mol. The van der Waals surface area contributed by atoms with E-state index < -0.39 is 0 Å². The summed E-state index contributed by atoms with van der Waals surface area (Å²) in [6.07, 6.45) is 8.03. The van der Waals surface area contributed by atoms with Crippen LogP contribution in [0.2, 0.25) is 0 Å². The predicted octanol–water partition coefficient (Wildman–Crippen LogP) is 3.70. The maximum Gasteiger partial charge on any atom is 0.227 e. The molecule has 1 aromatic carbocycles. The van der Waals surface area contributed by atoms with Gasteiger partial charge < -0.3 is 25.0 Å². The second-order valence-electron chi connectivity index (χ2n) is 11.2. The van der Waals surface area contributed by atoms with Crippen molar-refractivity contribution >= 4 is 17.5 Å². The van der Waals surface area contributed by atoms with Gasteiger partial charge in [-0.15, -0.1) is 0 Å². The molecule has 194 valence electrons. The average molecular weight is 486 g/mol. The second-order valence-corrected chi connectivity index (χ2v) is 11.2. The predicted molar refractivity (Wildman–Crippen MR) is 137 cm³/mol. The molecule has 7 heteroatoms. The largest absolute Gasteiger partial charge is 0.488 e. The van der Waals surface area contributed by atoms with E-state index in [-0.39, 0.29) is 48.8 Å². The van der Waals surface area contributed by atoms with E-state index in [0.717, 1.165) is 50.3 Å². The first-order chi connectivity index (χ1) is 16.8. The smallest absolute Gasteiger partial charge is 0.227 e. The number of fused-ring (bicyclic) bond motifs is 1. The Bertz CT molecular complexity index is 881. The molecule has 4 rings (SSSR count). The van der Waals surface area contributed by atoms with Gasteiger partial charge in [0.25, 0.3) is 0 Å². The van der Waals surface area contributed by atoms with Crippen LogP contribution in [0.25, 0.3) is 0 Å². The van der Waals surface area contributed by atoms with Crippen LogP contribution in [-0.2, 0) is 16.0 Å². The molecule has 3 atom stereocenters. The van der Waals surface area contributed by atoms with Gasteiger partial charge >= 0.3 is 0 Å². The fraction of sp³-hybridized carbons (Fsp3) is 0.714. The highest BCUT2D eigenvalue weighted by atomic mass is 16.5. The molecule has 1 heterocycles. The van der Waals surface area contributed by atoms with Gasteiger partial charge in [-0.3, -0.25) is 9.59 Å². The van der Waals surface area contributed by atoms with E-state index in [1.165, 1.54) is 19.3 Å². The van der Waals surface area contributed by atoms with Crippen LogP contribution in [0.15, 0.2) is 18.2 Å². The molecular formula is C28H43N3O4. The van der Waals surface area contributed by atoms with E-state index in [1.54, 1.807) is 4.90 Å². The van der Waals surface area contributed by atoms with Gasteiger partial charge in [-0.05, 0) is 63.8 Å². The fourth-order valence-corrected chi connectivity index (χ4v) is 5.46. The lowest BCUT2D eigenvalue weighted by Gasteiger charge is -2.34. The van der Waals surface area contributed by atoms with Crippen molar-refractivity contribution in [1.82, 2.24) is 9.80 Å². The minimum absolute atomic E-state index is 0.0222. The summed E-state index contributed by atoms with van der Waals surface area (Å²) < 4.78 is 6.59. The average Bonchev–Trinajstić information content (AvgIpc) is 3.66. The summed E-state index contributed by atoms with van der Waals surface area (Å²) in [7, 11) is 2.14. The number of likely N-dealkylation sites (N-methyl/N-ethyl adjacent to an activating group) is 1. The molecule has 1 aliphatic heterocycles. The molecule has 2 saturated carbocycles. The number of rotatable bonds is 8. The van der Waals surface area contributed by atoms with E-state index >= 15 is 0 Å². The Labute approximate surface area is 210 Å². The second kappa shape index (κ2) is 11.7. The van der Waals surface area contributed by atoms with Gasteiger partial charge in [0, 0.05) is 42.7 Å². The van der Waals surface area contributed by atoms with E-state index in [0.29, 0.717) is 18.0 Å². The van der Waals surface area contributed by atoms with Crippen molar-refractivity contribution in [2.45, 2.75) is 77.4 Å². The number of carbonyl (C=O) groups is 2. The molecule has 0 bridgehead atoms. The maximum absolute atomic E-state index is 13.4. The lowest BCUT2D eigenvalue weighted by molar-refractivity contribution is -0.134. The zero-order valence-corrected chi connectivity index (χ0v) is 21.7. The van der Waals surface area contributed by atoms with Crippen molar-refractivity contribution in [1.29, 1.82) is 0 Å². The van der Waals surface area contributed by atoms with E-state index in [2.05, 4.69) is 24.2 Å². The number of nitrogens with zero attached hydrogens (tertiary/aromatic N) is 2. The summed E-state index contributed by atoms with van der Waals surface area (Å²) in [4.78, 5) is 30.3. The number of anilines is 1. The Hall–Kier alpha value is -2.12. The molecule has 0 spiro atoms. The molecule has 2 N–H and O–H groups in total. The Morgan fingerprint density at radius 2 is 1.94 bits per heavy atom. The Morgan fingerprint density at radius 3 is 2.63 bits per heavy atom. The Morgan fingerprint density at radius 1 is 1.20 bits per heavy atom. The molecule has 2 amide bonds. The molecule has 35 heavy (non-hydrogen) atoms. The quantitative estimate of drug-likeness (QED) is 0.587. The van der Waals surface area contributed by atoms with E-state index in [9.17, 15) is 14.7 Å². The lowest BCUT2D eigenvalue weighted by Crippen LogP contribution is -2.47. The minimum Gasteiger partial charge on any atom is -0.488 e. The molecule has 7 nitrogen and oxygen atoms in total. The van der Waals surface area contributed by atoms with Gasteiger partial charge in [-0.2, -0.15) is 0 Å². The number of nitrogens with one attached hydrogen (secondary N) is 1. The zero-order chi connectivity index (χ0) is 24.9. The van der Waals surface area contributed by atoms with Crippen LogP contribution in [0.1, 0.15) is 64.4 Å². The van der Waals surface area contributed by atoms with Crippen LogP contribution >= 0.6 is 0 Å². The first-order valence-corrected chi connectivity index (χ1v) is 13.5. The van der Waals surface area contributed by atoms with Crippen LogP contribution in [-0.4, -0.2) is 72.2 Å². The highest BCUT2D eigenvalue weighted by Gasteiger charge is 2.32. The van der Waals surface area contributed by atoms with Crippen molar-refractivity contribution in [3.8, 4) is 5.75 Å². The number of ether oxygens (including phenoxy) is 1. The van der Waals surface area contributed by atoms with Crippen LogP contribution in [0, 0.1) is 17.8 Å². The van der Waals surface area contributed by atoms with E-state index in [1.807, 2.05) is 25.1 Å². The van der Waals surface area contributed by atoms with Gasteiger partial charge in [-0.25, -0.2) is 0 Å². The summed E-state index contributed by atoms with van der Waals surface area (Å²) in [5.41, 5.74) is 1.50. The third kappa shape index (κ3) is 6.98. The molecule has 0 unspecified atom stereocenters. The van der Waals surface area contributed by atoms with Gasteiger partial charge in [0.1, 0.15) is 11.9 Å². The number of benzene rings is 1. The van der Waals surface area contributed by atoms with Crippen LogP contribution in [0.5, 0.6) is 5.75 Å². The molecule has 0 aromatic heterocycles. The molecule has 2 aliphatic carbocycles. The van der Waals surface area contributed by atoms with Crippen molar-refractivity contribution in [2.75, 3.05) is 38.6 Å². The van der Waals surface area contributed by atoms with Gasteiger partial charge in [0.15, 0.2) is 0 Å². The molecule has 3 aliphatic rings. The van der Waals surface area contributed by atoms with Crippen molar-refractivity contribution in [3.63, 3.8) is 0 Å². The van der Waals surface area contributed by atoms with Crippen LogP contribution in [0.3, 0.4) is 0 Å². The molecule has 0 saturated heterocycles. The standard InChI is InChI=1S/C28H43N3O4/c1-19-15-31(20(2)18-32)27(33)14-23-13-24(29-28(34)22-7-5-4-6-8-22)11-12-25(23)35-26(19)17-30(3)16-21-9-10-21/h11-13,19-22,26,32H,4-10,14-18H2,1-3H3,(H,29,34)/t19-,20-,26+/m0/s1. The minimum atomic E-state index is -0.259. The fourth-order valence-electron chi connectivity index (χ4n) is 5.46. The number of hydrogen-bond acceptors (Lipinski definition) is 5. The number of amides is 2. The highest BCUT2D eigenvalue weighted by Crippen LogP contribution is 2.32. The topological polar surface area (TPSA) is 82.1 Å². The lowest BCUT2D eigenvalue weighted by atomic mass is 9.88. The first-order valence-electron chi connectivity index (χ1n) is 13.5. The van der Waals surface area contributed by atoms with Crippen LogP contribution in [0.4, 0.5) is 5.69 Å². The molecule has 1 aromatic rings. The number of hydrogen-bond donors (Lipinski definition) is 2.